The van der Waals surface area contributed by atoms with Crippen LogP contribution in [0, 0.1) is 28.1 Å². The Morgan fingerprint density at radius 1 is 1.29 bits per heavy atom. The Hall–Kier alpha value is -0.560. The lowest BCUT2D eigenvalue weighted by molar-refractivity contribution is -0.0558. The second kappa shape index (κ2) is 4.98. The molecule has 3 aliphatic carbocycles. The van der Waals surface area contributed by atoms with Crippen molar-refractivity contribution in [1.82, 2.24) is 0 Å². The predicted octanol–water partition coefficient (Wildman–Crippen LogP) is 5.11. The van der Waals surface area contributed by atoms with Gasteiger partial charge < -0.3 is 5.11 Å². The Labute approximate surface area is 130 Å². The predicted molar refractivity (Wildman–Crippen MR) is 89.0 cm³/mol. The van der Waals surface area contributed by atoms with E-state index in [0.29, 0.717) is 23.4 Å². The summed E-state index contributed by atoms with van der Waals surface area (Å²) >= 11 is 0. The minimum atomic E-state index is 0.137. The van der Waals surface area contributed by atoms with Gasteiger partial charge in [0.25, 0.3) is 0 Å². The minimum Gasteiger partial charge on any atom is -0.396 e. The van der Waals surface area contributed by atoms with Gasteiger partial charge in [-0.2, -0.15) is 0 Å². The van der Waals surface area contributed by atoms with Gasteiger partial charge >= 0.3 is 0 Å². The lowest BCUT2D eigenvalue weighted by Crippen LogP contribution is -2.51. The van der Waals surface area contributed by atoms with Gasteiger partial charge in [-0.15, -0.1) is 6.58 Å². The van der Waals surface area contributed by atoms with E-state index in [2.05, 4.69) is 39.5 Å². The molecule has 0 aliphatic heterocycles. The summed E-state index contributed by atoms with van der Waals surface area (Å²) in [6.07, 6.45) is 13.6. The van der Waals surface area contributed by atoms with Crippen LogP contribution in [0.4, 0.5) is 0 Å². The Balaban J connectivity index is 1.96. The summed E-state index contributed by atoms with van der Waals surface area (Å²) in [7, 11) is 0. The molecule has 0 aromatic heterocycles. The van der Waals surface area contributed by atoms with Gasteiger partial charge in [-0.1, -0.05) is 44.9 Å². The van der Waals surface area contributed by atoms with E-state index in [4.69, 9.17) is 0 Å². The molecule has 2 unspecified atom stereocenters. The van der Waals surface area contributed by atoms with Crippen LogP contribution < -0.4 is 0 Å². The van der Waals surface area contributed by atoms with Crippen molar-refractivity contribution in [3.05, 3.63) is 24.3 Å². The van der Waals surface area contributed by atoms with Crippen LogP contribution in [-0.4, -0.2) is 11.7 Å². The molecular weight excluding hydrogens is 256 g/mol. The molecule has 2 saturated carbocycles. The van der Waals surface area contributed by atoms with Gasteiger partial charge in [0.15, 0.2) is 0 Å². The van der Waals surface area contributed by atoms with Crippen LogP contribution in [0.2, 0.25) is 0 Å². The molecule has 0 radical (unpaired) electrons. The zero-order valence-electron chi connectivity index (χ0n) is 14.1. The first-order chi connectivity index (χ1) is 9.87. The fourth-order valence-electron chi connectivity index (χ4n) is 5.94. The fourth-order valence-corrected chi connectivity index (χ4v) is 5.94. The molecule has 5 atom stereocenters. The van der Waals surface area contributed by atoms with Crippen LogP contribution >= 0.6 is 0 Å². The van der Waals surface area contributed by atoms with E-state index < -0.39 is 0 Å². The second-order valence-corrected chi connectivity index (χ2v) is 8.84. The number of aliphatic hydroxyl groups excluding tert-OH is 1. The zero-order chi connectivity index (χ0) is 15.3. The van der Waals surface area contributed by atoms with Crippen LogP contribution in [0.15, 0.2) is 24.3 Å². The maximum atomic E-state index is 9.99. The van der Waals surface area contributed by atoms with Gasteiger partial charge in [0, 0.05) is 6.61 Å². The number of fused-ring (bicyclic) bond motifs is 3. The van der Waals surface area contributed by atoms with Crippen molar-refractivity contribution in [3.63, 3.8) is 0 Å². The van der Waals surface area contributed by atoms with Crippen LogP contribution in [0.5, 0.6) is 0 Å². The highest BCUT2D eigenvalue weighted by Crippen LogP contribution is 2.63. The summed E-state index contributed by atoms with van der Waals surface area (Å²) in [6.45, 7) is 11.6. The van der Waals surface area contributed by atoms with Gasteiger partial charge in [0.05, 0.1) is 0 Å². The molecule has 0 aromatic carbocycles. The average Bonchev–Trinajstić information content (AvgIpc) is 2.46. The van der Waals surface area contributed by atoms with Gasteiger partial charge in [0.1, 0.15) is 0 Å². The Kier molecular flexibility index (Phi) is 3.64. The third-order valence-corrected chi connectivity index (χ3v) is 7.31. The van der Waals surface area contributed by atoms with Crippen molar-refractivity contribution >= 4 is 0 Å². The van der Waals surface area contributed by atoms with Crippen molar-refractivity contribution in [2.24, 2.45) is 28.1 Å². The number of hydrogen-bond donors (Lipinski definition) is 1. The molecule has 0 bridgehead atoms. The smallest absolute Gasteiger partial charge is 0.0487 e. The van der Waals surface area contributed by atoms with Crippen molar-refractivity contribution < 1.29 is 5.11 Å². The molecular formula is C20H32O. The Morgan fingerprint density at radius 2 is 2.05 bits per heavy atom. The number of hydrogen-bond acceptors (Lipinski definition) is 1. The molecule has 0 saturated heterocycles. The van der Waals surface area contributed by atoms with Crippen molar-refractivity contribution in [2.75, 3.05) is 6.61 Å². The highest BCUT2D eigenvalue weighted by molar-refractivity contribution is 5.28. The maximum Gasteiger partial charge on any atom is 0.0487 e. The number of aliphatic hydroxyl groups is 1. The van der Waals surface area contributed by atoms with E-state index in [1.165, 1.54) is 38.5 Å². The van der Waals surface area contributed by atoms with E-state index in [1.807, 2.05) is 0 Å². The SMILES string of the molecule is C=C[C@@]1(C)CC=C2C(CCC3[C@](C)(CO)CCC[C@@]23C)C1. The van der Waals surface area contributed by atoms with Crippen molar-refractivity contribution in [1.29, 1.82) is 0 Å². The molecule has 1 N–H and O–H groups in total. The first-order valence-corrected chi connectivity index (χ1v) is 8.82. The zero-order valence-corrected chi connectivity index (χ0v) is 14.1. The molecule has 3 aliphatic rings. The van der Waals surface area contributed by atoms with Crippen LogP contribution in [-0.2, 0) is 0 Å². The van der Waals surface area contributed by atoms with Gasteiger partial charge in [-0.25, -0.2) is 0 Å². The summed E-state index contributed by atoms with van der Waals surface area (Å²) in [5.74, 6) is 1.42. The van der Waals surface area contributed by atoms with E-state index in [1.54, 1.807) is 5.57 Å². The average molecular weight is 288 g/mol. The molecule has 2 fully saturated rings. The van der Waals surface area contributed by atoms with Gasteiger partial charge in [-0.05, 0) is 66.6 Å². The highest BCUT2D eigenvalue weighted by Gasteiger charge is 2.54. The van der Waals surface area contributed by atoms with E-state index in [-0.39, 0.29) is 5.41 Å². The fraction of sp³-hybridized carbons (Fsp3) is 0.800. The molecule has 21 heavy (non-hydrogen) atoms. The van der Waals surface area contributed by atoms with Crippen molar-refractivity contribution in [2.45, 2.75) is 65.7 Å². The third-order valence-electron chi connectivity index (χ3n) is 7.31. The van der Waals surface area contributed by atoms with Gasteiger partial charge in [-0.3, -0.25) is 0 Å². The number of allylic oxidation sites excluding steroid dienone is 3. The first kappa shape index (κ1) is 15.3. The van der Waals surface area contributed by atoms with Crippen molar-refractivity contribution in [3.8, 4) is 0 Å². The first-order valence-electron chi connectivity index (χ1n) is 8.82. The molecule has 0 spiro atoms. The minimum absolute atomic E-state index is 0.137. The summed E-state index contributed by atoms with van der Waals surface area (Å²) in [5, 5.41) is 9.99. The molecule has 1 nitrogen and oxygen atoms in total. The quantitative estimate of drug-likeness (QED) is 0.700. The summed E-state index contributed by atoms with van der Waals surface area (Å²) in [6, 6.07) is 0. The van der Waals surface area contributed by atoms with E-state index in [0.717, 1.165) is 12.3 Å². The Morgan fingerprint density at radius 3 is 2.71 bits per heavy atom. The van der Waals surface area contributed by atoms with Crippen LogP contribution in [0.1, 0.15) is 65.7 Å². The monoisotopic (exact) mass is 288 g/mol. The summed E-state index contributed by atoms with van der Waals surface area (Å²) in [5.41, 5.74) is 2.50. The van der Waals surface area contributed by atoms with Crippen LogP contribution in [0.25, 0.3) is 0 Å². The second-order valence-electron chi connectivity index (χ2n) is 8.84. The number of rotatable bonds is 2. The Bertz CT molecular complexity index is 464. The maximum absolute atomic E-state index is 9.99. The largest absolute Gasteiger partial charge is 0.396 e. The topological polar surface area (TPSA) is 20.2 Å². The summed E-state index contributed by atoms with van der Waals surface area (Å²) in [4.78, 5) is 0. The molecule has 118 valence electrons. The van der Waals surface area contributed by atoms with Gasteiger partial charge in [0.2, 0.25) is 0 Å². The molecule has 1 heteroatoms. The standard InChI is InChI=1S/C20H32O/c1-5-18(2)12-9-16-15(13-18)7-8-17-19(3,14-21)10-6-11-20(16,17)4/h5,9,15,17,21H,1,6-8,10-14H2,2-4H3/t15?,17?,18-,19-,20-/m0/s1. The molecule has 0 heterocycles. The lowest BCUT2D eigenvalue weighted by Gasteiger charge is -2.59. The molecule has 0 amide bonds. The normalized spacial score (nSPS) is 49.8. The molecule has 0 aromatic rings. The lowest BCUT2D eigenvalue weighted by atomic mass is 9.46. The van der Waals surface area contributed by atoms with E-state index >= 15 is 0 Å². The molecule has 3 rings (SSSR count). The highest BCUT2D eigenvalue weighted by atomic mass is 16.3. The van der Waals surface area contributed by atoms with E-state index in [9.17, 15) is 5.11 Å². The summed E-state index contributed by atoms with van der Waals surface area (Å²) < 4.78 is 0. The third kappa shape index (κ3) is 2.23. The van der Waals surface area contributed by atoms with Crippen LogP contribution in [0.3, 0.4) is 0 Å².